The van der Waals surface area contributed by atoms with E-state index in [-0.39, 0.29) is 12.5 Å². The molecule has 0 aromatic heterocycles. The van der Waals surface area contributed by atoms with Crippen LogP contribution < -0.4 is 14.9 Å². The van der Waals surface area contributed by atoms with Gasteiger partial charge in [-0.1, -0.05) is 60.7 Å². The fraction of sp³-hybridized carbons (Fsp3) is 0.130. The van der Waals surface area contributed by atoms with E-state index in [1.165, 1.54) is 0 Å². The molecule has 5 nitrogen and oxygen atoms in total. The van der Waals surface area contributed by atoms with Gasteiger partial charge in [0.15, 0.2) is 6.61 Å². The van der Waals surface area contributed by atoms with Crippen LogP contribution in [0.15, 0.2) is 90.0 Å². The van der Waals surface area contributed by atoms with Gasteiger partial charge in [0.25, 0.3) is 5.91 Å². The van der Waals surface area contributed by atoms with E-state index in [2.05, 4.69) is 10.5 Å². The molecule has 0 saturated heterocycles. The third-order valence-corrected chi connectivity index (χ3v) is 3.98. The Balaban J connectivity index is 1.43. The summed E-state index contributed by atoms with van der Waals surface area (Å²) in [6.45, 7) is 2.22. The molecular formula is C23H22N2O3. The topological polar surface area (TPSA) is 59.9 Å². The summed E-state index contributed by atoms with van der Waals surface area (Å²) in [6.07, 6.45) is 0. The van der Waals surface area contributed by atoms with Crippen molar-refractivity contribution in [1.82, 2.24) is 5.43 Å². The van der Waals surface area contributed by atoms with Gasteiger partial charge in [-0.3, -0.25) is 4.79 Å². The Hall–Kier alpha value is -3.60. The SMILES string of the molecule is C/C(=N\NC(=O)COc1ccc(OCc2ccccc2)cc1)c1ccccc1. The van der Waals surface area contributed by atoms with Crippen molar-refractivity contribution in [2.24, 2.45) is 5.10 Å². The number of hydrazone groups is 1. The van der Waals surface area contributed by atoms with Crippen LogP contribution >= 0.6 is 0 Å². The van der Waals surface area contributed by atoms with Crippen LogP contribution in [-0.4, -0.2) is 18.2 Å². The van der Waals surface area contributed by atoms with Crippen LogP contribution in [0.4, 0.5) is 0 Å². The Morgan fingerprint density at radius 1 is 0.821 bits per heavy atom. The molecule has 3 rings (SSSR count). The zero-order valence-corrected chi connectivity index (χ0v) is 15.7. The minimum absolute atomic E-state index is 0.115. The summed E-state index contributed by atoms with van der Waals surface area (Å²) in [5.41, 5.74) is 5.29. The van der Waals surface area contributed by atoms with Crippen molar-refractivity contribution in [1.29, 1.82) is 0 Å². The van der Waals surface area contributed by atoms with Crippen molar-refractivity contribution >= 4 is 11.6 Å². The predicted molar refractivity (Wildman–Crippen MR) is 110 cm³/mol. The molecule has 1 amide bonds. The standard InChI is InChI=1S/C23H22N2O3/c1-18(20-10-6-3-7-11-20)24-25-23(26)17-28-22-14-12-21(13-15-22)27-16-19-8-4-2-5-9-19/h2-15H,16-17H2,1H3,(H,25,26)/b24-18+. The number of nitrogens with one attached hydrogen (secondary N) is 1. The molecule has 3 aromatic carbocycles. The van der Waals surface area contributed by atoms with Crippen LogP contribution in [0.3, 0.4) is 0 Å². The van der Waals surface area contributed by atoms with Gasteiger partial charge in [-0.25, -0.2) is 5.43 Å². The van der Waals surface area contributed by atoms with Crippen molar-refractivity contribution in [3.05, 3.63) is 96.1 Å². The third kappa shape index (κ3) is 5.99. The number of benzene rings is 3. The van der Waals surface area contributed by atoms with Crippen LogP contribution in [0.2, 0.25) is 0 Å². The largest absolute Gasteiger partial charge is 0.489 e. The van der Waals surface area contributed by atoms with Crippen LogP contribution in [0.5, 0.6) is 11.5 Å². The molecule has 0 aliphatic carbocycles. The maximum atomic E-state index is 11.9. The lowest BCUT2D eigenvalue weighted by atomic mass is 10.1. The molecule has 0 atom stereocenters. The highest BCUT2D eigenvalue weighted by Gasteiger charge is 2.04. The van der Waals surface area contributed by atoms with Crippen molar-refractivity contribution in [3.63, 3.8) is 0 Å². The molecule has 1 N–H and O–H groups in total. The highest BCUT2D eigenvalue weighted by Crippen LogP contribution is 2.18. The average molecular weight is 374 g/mol. The fourth-order valence-corrected chi connectivity index (χ4v) is 2.44. The minimum Gasteiger partial charge on any atom is -0.489 e. The van der Waals surface area contributed by atoms with E-state index in [4.69, 9.17) is 9.47 Å². The highest BCUT2D eigenvalue weighted by molar-refractivity contribution is 5.99. The molecule has 0 heterocycles. The number of carbonyl (C=O) groups is 1. The second kappa shape index (κ2) is 9.92. The zero-order chi connectivity index (χ0) is 19.6. The Bertz CT molecular complexity index is 908. The monoisotopic (exact) mass is 374 g/mol. The van der Waals surface area contributed by atoms with Crippen LogP contribution in [0, 0.1) is 0 Å². The molecule has 0 aliphatic rings. The summed E-state index contributed by atoms with van der Waals surface area (Å²) in [7, 11) is 0. The summed E-state index contributed by atoms with van der Waals surface area (Å²) in [5, 5.41) is 4.09. The van der Waals surface area contributed by atoms with E-state index in [9.17, 15) is 4.79 Å². The number of hydrogen-bond acceptors (Lipinski definition) is 4. The second-order valence-electron chi connectivity index (χ2n) is 6.13. The van der Waals surface area contributed by atoms with Crippen molar-refractivity contribution < 1.29 is 14.3 Å². The number of hydrogen-bond donors (Lipinski definition) is 1. The second-order valence-corrected chi connectivity index (χ2v) is 6.13. The lowest BCUT2D eigenvalue weighted by molar-refractivity contribution is -0.123. The molecular weight excluding hydrogens is 352 g/mol. The van der Waals surface area contributed by atoms with Gasteiger partial charge < -0.3 is 9.47 Å². The van der Waals surface area contributed by atoms with Crippen molar-refractivity contribution in [3.8, 4) is 11.5 Å². The Labute approximate surface area is 164 Å². The Kier molecular flexibility index (Phi) is 6.79. The first-order valence-electron chi connectivity index (χ1n) is 8.99. The molecule has 5 heteroatoms. The molecule has 0 bridgehead atoms. The maximum Gasteiger partial charge on any atom is 0.277 e. The molecule has 0 aliphatic heterocycles. The van der Waals surface area contributed by atoms with Gasteiger partial charge in [0, 0.05) is 0 Å². The van der Waals surface area contributed by atoms with Gasteiger partial charge in [-0.15, -0.1) is 0 Å². The molecule has 0 radical (unpaired) electrons. The van der Waals surface area contributed by atoms with Gasteiger partial charge >= 0.3 is 0 Å². The van der Waals surface area contributed by atoms with Gasteiger partial charge in [-0.05, 0) is 42.3 Å². The van der Waals surface area contributed by atoms with Crippen LogP contribution in [0.25, 0.3) is 0 Å². The third-order valence-electron chi connectivity index (χ3n) is 3.98. The smallest absolute Gasteiger partial charge is 0.277 e. The van der Waals surface area contributed by atoms with E-state index in [0.29, 0.717) is 12.4 Å². The minimum atomic E-state index is -0.320. The van der Waals surface area contributed by atoms with Gasteiger partial charge in [0.05, 0.1) is 5.71 Å². The van der Waals surface area contributed by atoms with Gasteiger partial charge in [-0.2, -0.15) is 5.10 Å². The first-order valence-corrected chi connectivity index (χ1v) is 8.99. The number of ether oxygens (including phenoxy) is 2. The van der Waals surface area contributed by atoms with E-state index >= 15 is 0 Å². The molecule has 28 heavy (non-hydrogen) atoms. The summed E-state index contributed by atoms with van der Waals surface area (Å²) in [6, 6.07) is 26.8. The fourth-order valence-electron chi connectivity index (χ4n) is 2.44. The predicted octanol–water partition coefficient (Wildman–Crippen LogP) is 4.18. The van der Waals surface area contributed by atoms with E-state index < -0.39 is 0 Å². The van der Waals surface area contributed by atoms with E-state index in [1.54, 1.807) is 12.1 Å². The lowest BCUT2D eigenvalue weighted by Crippen LogP contribution is -2.25. The van der Waals surface area contributed by atoms with Crippen molar-refractivity contribution in [2.75, 3.05) is 6.61 Å². The van der Waals surface area contributed by atoms with Crippen LogP contribution in [-0.2, 0) is 11.4 Å². The molecule has 142 valence electrons. The lowest BCUT2D eigenvalue weighted by Gasteiger charge is -2.08. The molecule has 0 fully saturated rings. The number of amides is 1. The first kappa shape index (κ1) is 19.2. The Morgan fingerprint density at radius 2 is 1.39 bits per heavy atom. The molecule has 0 spiro atoms. The summed E-state index contributed by atoms with van der Waals surface area (Å²) in [4.78, 5) is 11.9. The maximum absolute atomic E-state index is 11.9. The quantitative estimate of drug-likeness (QED) is 0.475. The van der Waals surface area contributed by atoms with E-state index in [1.807, 2.05) is 79.7 Å². The average Bonchev–Trinajstić information content (AvgIpc) is 2.76. The van der Waals surface area contributed by atoms with Gasteiger partial charge in [0.1, 0.15) is 18.1 Å². The number of carbonyl (C=O) groups excluding carboxylic acids is 1. The highest BCUT2D eigenvalue weighted by atomic mass is 16.5. The summed E-state index contributed by atoms with van der Waals surface area (Å²) in [5.74, 6) is 1.01. The first-order chi connectivity index (χ1) is 13.7. The normalized spacial score (nSPS) is 11.0. The number of rotatable bonds is 8. The summed E-state index contributed by atoms with van der Waals surface area (Å²) < 4.78 is 11.2. The molecule has 3 aromatic rings. The van der Waals surface area contributed by atoms with Crippen LogP contribution in [0.1, 0.15) is 18.1 Å². The van der Waals surface area contributed by atoms with Crippen molar-refractivity contribution in [2.45, 2.75) is 13.5 Å². The molecule has 0 unspecified atom stereocenters. The summed E-state index contributed by atoms with van der Waals surface area (Å²) >= 11 is 0. The van der Waals surface area contributed by atoms with E-state index in [0.717, 1.165) is 22.6 Å². The molecule has 0 saturated carbocycles. The van der Waals surface area contributed by atoms with Gasteiger partial charge in [0.2, 0.25) is 0 Å². The Morgan fingerprint density at radius 3 is 2.04 bits per heavy atom. The number of nitrogens with zero attached hydrogens (tertiary/aromatic N) is 1. The zero-order valence-electron chi connectivity index (χ0n) is 15.7.